The Morgan fingerprint density at radius 2 is 1.65 bits per heavy atom. The zero-order valence-corrected chi connectivity index (χ0v) is 23.5. The predicted molar refractivity (Wildman–Crippen MR) is 151 cm³/mol. The lowest BCUT2D eigenvalue weighted by atomic mass is 10.1. The van der Waals surface area contributed by atoms with Crippen molar-refractivity contribution >= 4 is 27.9 Å². The van der Waals surface area contributed by atoms with E-state index >= 15 is 0 Å². The second-order valence-electron chi connectivity index (χ2n) is 8.34. The van der Waals surface area contributed by atoms with Crippen molar-refractivity contribution in [2.75, 3.05) is 25.6 Å². The van der Waals surface area contributed by atoms with Gasteiger partial charge in [0.2, 0.25) is 5.88 Å². The van der Waals surface area contributed by atoms with Crippen molar-refractivity contribution in [3.05, 3.63) is 65.2 Å². The Morgan fingerprint density at radius 1 is 0.950 bits per heavy atom. The first-order valence-electron chi connectivity index (χ1n) is 12.8. The third-order valence-electron chi connectivity index (χ3n) is 5.40. The van der Waals surface area contributed by atoms with Crippen LogP contribution in [0.2, 0.25) is 0 Å². The lowest BCUT2D eigenvalue weighted by Crippen LogP contribution is -2.24. The molecule has 0 aliphatic carbocycles. The summed E-state index contributed by atoms with van der Waals surface area (Å²) >= 11 is 0. The van der Waals surface area contributed by atoms with Gasteiger partial charge in [-0.3, -0.25) is 14.0 Å². The van der Waals surface area contributed by atoms with E-state index in [0.717, 1.165) is 10.9 Å². The number of halogens is 3. The standard InChI is InChI=1S/C24H20F3N7O2.2C2H6/c1-32(2)19-8-5-16(11-28-19)34-22-18(7-9-20(30-22)36-13-24(25,26)27)29-21(23(34)35)14-4-6-17-15(10-14)12-33(3)31-17;2*1-2/h4-12H,13H2,1-3H3;2*1-2H3. The van der Waals surface area contributed by atoms with Gasteiger partial charge in [-0.05, 0) is 30.3 Å². The molecule has 4 heterocycles. The fraction of sp³-hybridized carbons (Fsp3) is 0.321. The van der Waals surface area contributed by atoms with E-state index < -0.39 is 18.3 Å². The van der Waals surface area contributed by atoms with E-state index in [4.69, 9.17) is 4.74 Å². The summed E-state index contributed by atoms with van der Waals surface area (Å²) in [6, 6.07) is 11.5. The summed E-state index contributed by atoms with van der Waals surface area (Å²) in [5, 5.41) is 5.18. The van der Waals surface area contributed by atoms with E-state index in [1.54, 1.807) is 40.9 Å². The molecule has 0 aliphatic rings. The third kappa shape index (κ3) is 6.56. The summed E-state index contributed by atoms with van der Waals surface area (Å²) in [5.74, 6) is 0.381. The van der Waals surface area contributed by atoms with Gasteiger partial charge >= 0.3 is 6.18 Å². The highest BCUT2D eigenvalue weighted by molar-refractivity contribution is 5.85. The molecular weight excluding hydrogens is 523 g/mol. The first-order valence-corrected chi connectivity index (χ1v) is 12.8. The Hall–Kier alpha value is -4.48. The smallest absolute Gasteiger partial charge is 0.422 e. The van der Waals surface area contributed by atoms with Gasteiger partial charge in [-0.1, -0.05) is 33.8 Å². The monoisotopic (exact) mass is 555 g/mol. The van der Waals surface area contributed by atoms with Gasteiger partial charge in [0, 0.05) is 44.4 Å². The maximum atomic E-state index is 13.8. The molecule has 0 N–H and O–H groups in total. The Kier molecular flexibility index (Phi) is 9.46. The van der Waals surface area contributed by atoms with E-state index in [1.165, 1.54) is 22.9 Å². The lowest BCUT2D eigenvalue weighted by molar-refractivity contribution is -0.154. The molecular formula is C28H32F3N7O2. The second-order valence-corrected chi connectivity index (χ2v) is 8.34. The van der Waals surface area contributed by atoms with Crippen LogP contribution in [0.25, 0.3) is 39.0 Å². The normalized spacial score (nSPS) is 10.9. The van der Waals surface area contributed by atoms with Crippen molar-refractivity contribution in [3.8, 4) is 22.8 Å². The fourth-order valence-electron chi connectivity index (χ4n) is 3.78. The van der Waals surface area contributed by atoms with E-state index in [1.807, 2.05) is 54.1 Å². The minimum Gasteiger partial charge on any atom is -0.468 e. The van der Waals surface area contributed by atoms with Crippen molar-refractivity contribution in [3.63, 3.8) is 0 Å². The molecule has 0 unspecified atom stereocenters. The number of hydrogen-bond donors (Lipinski definition) is 0. The predicted octanol–water partition coefficient (Wildman–Crippen LogP) is 5.79. The minimum absolute atomic E-state index is 0.0466. The lowest BCUT2D eigenvalue weighted by Gasteiger charge is -2.15. The number of pyridine rings is 2. The number of hydrogen-bond acceptors (Lipinski definition) is 7. The van der Waals surface area contributed by atoms with Crippen molar-refractivity contribution in [1.82, 2.24) is 29.3 Å². The zero-order valence-electron chi connectivity index (χ0n) is 23.5. The molecule has 0 atom stereocenters. The van der Waals surface area contributed by atoms with Crippen LogP contribution in [0, 0.1) is 0 Å². The molecule has 0 aliphatic heterocycles. The summed E-state index contributed by atoms with van der Waals surface area (Å²) in [4.78, 5) is 28.6. The first kappa shape index (κ1) is 30.1. The van der Waals surface area contributed by atoms with Crippen LogP contribution in [0.15, 0.2) is 59.7 Å². The molecule has 4 aromatic heterocycles. The average Bonchev–Trinajstić information content (AvgIpc) is 3.32. The maximum absolute atomic E-state index is 13.8. The van der Waals surface area contributed by atoms with E-state index in [2.05, 4.69) is 20.1 Å². The molecule has 0 fully saturated rings. The minimum atomic E-state index is -4.53. The number of aromatic nitrogens is 6. The van der Waals surface area contributed by atoms with E-state index in [-0.39, 0.29) is 17.2 Å². The van der Waals surface area contributed by atoms with Gasteiger partial charge in [0.05, 0.1) is 17.4 Å². The summed E-state index contributed by atoms with van der Waals surface area (Å²) in [5.41, 5.74) is 1.69. The molecule has 12 heteroatoms. The molecule has 9 nitrogen and oxygen atoms in total. The summed E-state index contributed by atoms with van der Waals surface area (Å²) in [6.07, 6.45) is -1.21. The largest absolute Gasteiger partial charge is 0.468 e. The van der Waals surface area contributed by atoms with E-state index in [0.29, 0.717) is 22.6 Å². The number of aryl methyl sites for hydroxylation is 1. The second kappa shape index (κ2) is 12.6. The third-order valence-corrected chi connectivity index (χ3v) is 5.40. The molecule has 0 amide bonds. The molecule has 1 aromatic carbocycles. The highest BCUT2D eigenvalue weighted by Crippen LogP contribution is 2.25. The molecule has 0 bridgehead atoms. The summed E-state index contributed by atoms with van der Waals surface area (Å²) < 4.78 is 45.8. The molecule has 5 aromatic rings. The van der Waals surface area contributed by atoms with Crippen molar-refractivity contribution in [2.24, 2.45) is 7.05 Å². The fourth-order valence-corrected chi connectivity index (χ4v) is 3.78. The Balaban J connectivity index is 0.00000106. The van der Waals surface area contributed by atoms with E-state index in [9.17, 15) is 18.0 Å². The number of nitrogens with zero attached hydrogens (tertiary/aromatic N) is 7. The van der Waals surface area contributed by atoms with Crippen LogP contribution in [-0.2, 0) is 7.05 Å². The molecule has 5 rings (SSSR count). The zero-order chi connectivity index (χ0) is 29.6. The van der Waals surface area contributed by atoms with Crippen LogP contribution < -0.4 is 15.2 Å². The van der Waals surface area contributed by atoms with Crippen molar-refractivity contribution < 1.29 is 17.9 Å². The SMILES string of the molecule is CC.CC.CN(C)c1ccc(-n2c(=O)c(-c3ccc4nn(C)cc4c3)nc3ccc(OCC(F)(F)F)nc32)cn1. The van der Waals surface area contributed by atoms with Crippen LogP contribution in [0.3, 0.4) is 0 Å². The molecule has 0 radical (unpaired) electrons. The molecule has 0 saturated carbocycles. The molecule has 40 heavy (non-hydrogen) atoms. The average molecular weight is 556 g/mol. The molecule has 212 valence electrons. The van der Waals surface area contributed by atoms with Crippen LogP contribution in [0.4, 0.5) is 19.0 Å². The number of anilines is 1. The Bertz CT molecular complexity index is 1640. The van der Waals surface area contributed by atoms with Gasteiger partial charge in [-0.15, -0.1) is 0 Å². The molecule has 0 spiro atoms. The van der Waals surface area contributed by atoms with Gasteiger partial charge in [-0.25, -0.2) is 9.97 Å². The van der Waals surface area contributed by atoms with Gasteiger partial charge in [0.15, 0.2) is 12.3 Å². The Morgan fingerprint density at radius 3 is 2.27 bits per heavy atom. The number of rotatable bonds is 5. The molecule has 0 saturated heterocycles. The highest BCUT2D eigenvalue weighted by atomic mass is 19.4. The summed E-state index contributed by atoms with van der Waals surface area (Å²) in [6.45, 7) is 6.49. The Labute approximate surface area is 229 Å². The highest BCUT2D eigenvalue weighted by Gasteiger charge is 2.29. The number of alkyl halides is 3. The van der Waals surface area contributed by atoms with Crippen LogP contribution in [-0.4, -0.2) is 56.2 Å². The first-order chi connectivity index (χ1) is 19.1. The van der Waals surface area contributed by atoms with Gasteiger partial charge in [-0.2, -0.15) is 23.3 Å². The van der Waals surface area contributed by atoms with Gasteiger partial charge in [0.1, 0.15) is 17.0 Å². The van der Waals surface area contributed by atoms with Gasteiger partial charge in [0.25, 0.3) is 5.56 Å². The topological polar surface area (TPSA) is 91.0 Å². The van der Waals surface area contributed by atoms with Crippen molar-refractivity contribution in [1.29, 1.82) is 0 Å². The van der Waals surface area contributed by atoms with Crippen LogP contribution in [0.5, 0.6) is 5.88 Å². The quantitative estimate of drug-likeness (QED) is 0.271. The number of benzene rings is 1. The van der Waals surface area contributed by atoms with Crippen molar-refractivity contribution in [2.45, 2.75) is 33.9 Å². The summed E-state index contributed by atoms with van der Waals surface area (Å²) in [7, 11) is 5.46. The number of fused-ring (bicyclic) bond motifs is 2. The van der Waals surface area contributed by atoms with Crippen LogP contribution >= 0.6 is 0 Å². The maximum Gasteiger partial charge on any atom is 0.422 e. The van der Waals surface area contributed by atoms with Gasteiger partial charge < -0.3 is 9.64 Å². The van der Waals surface area contributed by atoms with Crippen LogP contribution in [0.1, 0.15) is 27.7 Å². The number of ether oxygens (including phenoxy) is 1.